The van der Waals surface area contributed by atoms with E-state index in [1.807, 2.05) is 0 Å². The van der Waals surface area contributed by atoms with Crippen LogP contribution < -0.4 is 0 Å². The second-order valence-corrected chi connectivity index (χ2v) is 3.58. The van der Waals surface area contributed by atoms with E-state index in [1.165, 1.54) is 0 Å². The molecule has 0 radical (unpaired) electrons. The van der Waals surface area contributed by atoms with Crippen molar-refractivity contribution in [2.24, 2.45) is 0 Å². The molecule has 15 heavy (non-hydrogen) atoms. The predicted octanol–water partition coefficient (Wildman–Crippen LogP) is 1.70. The highest BCUT2D eigenvalue weighted by Crippen LogP contribution is 2.19. The van der Waals surface area contributed by atoms with Gasteiger partial charge in [-0.3, -0.25) is 0 Å². The molecule has 0 saturated heterocycles. The van der Waals surface area contributed by atoms with Gasteiger partial charge in [-0.1, -0.05) is 0 Å². The Morgan fingerprint density at radius 1 is 1.20 bits per heavy atom. The number of nitrogens with zero attached hydrogens (tertiary/aromatic N) is 1. The number of hydrogen-bond acceptors (Lipinski definition) is 2. The summed E-state index contributed by atoms with van der Waals surface area (Å²) in [5.74, 6) is -4.10. The Morgan fingerprint density at radius 3 is 2.07 bits per heavy atom. The fraction of sp³-hybridized carbons (Fsp3) is 0.400. The van der Waals surface area contributed by atoms with E-state index in [-0.39, 0.29) is 12.1 Å². The summed E-state index contributed by atoms with van der Waals surface area (Å²) in [4.78, 5) is 1.66. The third-order valence-corrected chi connectivity index (χ3v) is 1.93. The first-order valence-corrected chi connectivity index (χ1v) is 4.39. The Bertz CT molecular complexity index is 332. The molecule has 0 amide bonds. The maximum absolute atomic E-state index is 12.8. The fourth-order valence-electron chi connectivity index (χ4n) is 1.22. The lowest BCUT2D eigenvalue weighted by atomic mass is 10.1. The van der Waals surface area contributed by atoms with Crippen LogP contribution in [0.4, 0.5) is 13.2 Å². The minimum atomic E-state index is -1.52. The van der Waals surface area contributed by atoms with Crippen molar-refractivity contribution in [2.75, 3.05) is 20.6 Å². The van der Waals surface area contributed by atoms with Gasteiger partial charge in [0.25, 0.3) is 0 Å². The summed E-state index contributed by atoms with van der Waals surface area (Å²) in [5.41, 5.74) is 0.0279. The van der Waals surface area contributed by atoms with Crippen molar-refractivity contribution < 1.29 is 18.3 Å². The summed E-state index contributed by atoms with van der Waals surface area (Å²) in [6.45, 7) is 0.213. The Kier molecular flexibility index (Phi) is 3.71. The highest BCUT2D eigenvalue weighted by atomic mass is 19.2. The first-order chi connectivity index (χ1) is 6.91. The fourth-order valence-corrected chi connectivity index (χ4v) is 1.22. The van der Waals surface area contributed by atoms with Crippen LogP contribution in [0.2, 0.25) is 0 Å². The van der Waals surface area contributed by atoms with Gasteiger partial charge in [-0.25, -0.2) is 13.2 Å². The molecule has 0 aromatic heterocycles. The van der Waals surface area contributed by atoms with Gasteiger partial charge in [-0.05, 0) is 31.8 Å². The van der Waals surface area contributed by atoms with Crippen LogP contribution in [-0.4, -0.2) is 30.6 Å². The van der Waals surface area contributed by atoms with Crippen LogP contribution in [0, 0.1) is 17.5 Å². The summed E-state index contributed by atoms with van der Waals surface area (Å²) in [6, 6.07) is 1.60. The molecular weight excluding hydrogens is 207 g/mol. The van der Waals surface area contributed by atoms with Crippen molar-refractivity contribution in [1.29, 1.82) is 0 Å². The van der Waals surface area contributed by atoms with Gasteiger partial charge in [0.2, 0.25) is 0 Å². The number of aliphatic hydroxyl groups is 1. The first kappa shape index (κ1) is 12.0. The zero-order valence-electron chi connectivity index (χ0n) is 8.47. The standard InChI is InChI=1S/C10H12F3NO/c1-14(2)5-9(15)6-3-7(11)10(13)8(12)4-6/h3-4,9,15H,5H2,1-2H3. The zero-order valence-corrected chi connectivity index (χ0v) is 8.47. The number of likely N-dealkylation sites (N-methyl/N-ethyl adjacent to an activating group) is 1. The topological polar surface area (TPSA) is 23.5 Å². The average molecular weight is 219 g/mol. The lowest BCUT2D eigenvalue weighted by molar-refractivity contribution is 0.137. The Labute approximate surface area is 85.9 Å². The van der Waals surface area contributed by atoms with Crippen molar-refractivity contribution in [3.05, 3.63) is 35.1 Å². The summed E-state index contributed by atoms with van der Waals surface area (Å²) < 4.78 is 38.2. The Hall–Kier alpha value is -1.07. The molecule has 5 heteroatoms. The third-order valence-electron chi connectivity index (χ3n) is 1.93. The minimum Gasteiger partial charge on any atom is -0.387 e. The van der Waals surface area contributed by atoms with Gasteiger partial charge >= 0.3 is 0 Å². The first-order valence-electron chi connectivity index (χ1n) is 4.39. The molecule has 0 aliphatic carbocycles. The molecule has 1 unspecified atom stereocenters. The monoisotopic (exact) mass is 219 g/mol. The second-order valence-electron chi connectivity index (χ2n) is 3.58. The molecule has 0 spiro atoms. The van der Waals surface area contributed by atoms with Crippen LogP contribution in [-0.2, 0) is 0 Å². The summed E-state index contributed by atoms with van der Waals surface area (Å²) in [6.07, 6.45) is -1.04. The minimum absolute atomic E-state index is 0.0279. The number of rotatable bonds is 3. The van der Waals surface area contributed by atoms with E-state index in [9.17, 15) is 18.3 Å². The molecule has 0 bridgehead atoms. The lowest BCUT2D eigenvalue weighted by Gasteiger charge is -2.16. The van der Waals surface area contributed by atoms with Crippen LogP contribution in [0.5, 0.6) is 0 Å². The predicted molar refractivity (Wildman–Crippen MR) is 49.8 cm³/mol. The molecule has 0 saturated carbocycles. The largest absolute Gasteiger partial charge is 0.387 e. The summed E-state index contributed by atoms with van der Waals surface area (Å²) >= 11 is 0. The van der Waals surface area contributed by atoms with Gasteiger partial charge in [0, 0.05) is 6.54 Å². The summed E-state index contributed by atoms with van der Waals surface area (Å²) in [7, 11) is 3.42. The zero-order chi connectivity index (χ0) is 11.6. The molecule has 84 valence electrons. The van der Waals surface area contributed by atoms with Gasteiger partial charge in [0.15, 0.2) is 17.5 Å². The number of hydrogen-bond donors (Lipinski definition) is 1. The summed E-state index contributed by atoms with van der Waals surface area (Å²) in [5, 5.41) is 9.53. The SMILES string of the molecule is CN(C)CC(O)c1cc(F)c(F)c(F)c1. The molecule has 0 heterocycles. The molecular formula is C10H12F3NO. The van der Waals surface area contributed by atoms with Crippen molar-refractivity contribution in [1.82, 2.24) is 4.90 Å². The highest BCUT2D eigenvalue weighted by Gasteiger charge is 2.15. The van der Waals surface area contributed by atoms with Crippen molar-refractivity contribution in [3.8, 4) is 0 Å². The van der Waals surface area contributed by atoms with Gasteiger partial charge < -0.3 is 10.0 Å². The Balaban J connectivity index is 2.95. The molecule has 0 aliphatic rings. The molecule has 1 N–H and O–H groups in total. The molecule has 1 atom stereocenters. The van der Waals surface area contributed by atoms with E-state index in [1.54, 1.807) is 19.0 Å². The van der Waals surface area contributed by atoms with Gasteiger partial charge in [0.1, 0.15) is 0 Å². The van der Waals surface area contributed by atoms with E-state index >= 15 is 0 Å². The molecule has 1 rings (SSSR count). The molecule has 2 nitrogen and oxygen atoms in total. The van der Waals surface area contributed by atoms with Crippen LogP contribution >= 0.6 is 0 Å². The van der Waals surface area contributed by atoms with E-state index in [0.29, 0.717) is 0 Å². The van der Waals surface area contributed by atoms with Crippen molar-refractivity contribution in [3.63, 3.8) is 0 Å². The third kappa shape index (κ3) is 2.94. The van der Waals surface area contributed by atoms with Crippen LogP contribution in [0.15, 0.2) is 12.1 Å². The van der Waals surface area contributed by atoms with E-state index in [2.05, 4.69) is 0 Å². The average Bonchev–Trinajstić information content (AvgIpc) is 2.12. The van der Waals surface area contributed by atoms with Crippen molar-refractivity contribution in [2.45, 2.75) is 6.10 Å². The normalized spacial score (nSPS) is 13.3. The lowest BCUT2D eigenvalue weighted by Crippen LogP contribution is -2.20. The van der Waals surface area contributed by atoms with E-state index in [0.717, 1.165) is 12.1 Å². The quantitative estimate of drug-likeness (QED) is 0.782. The number of aliphatic hydroxyl groups excluding tert-OH is 1. The van der Waals surface area contributed by atoms with Gasteiger partial charge in [-0.15, -0.1) is 0 Å². The maximum atomic E-state index is 12.8. The van der Waals surface area contributed by atoms with Crippen LogP contribution in [0.25, 0.3) is 0 Å². The molecule has 0 aliphatic heterocycles. The smallest absolute Gasteiger partial charge is 0.194 e. The molecule has 1 aromatic carbocycles. The van der Waals surface area contributed by atoms with Crippen LogP contribution in [0.1, 0.15) is 11.7 Å². The van der Waals surface area contributed by atoms with E-state index < -0.39 is 23.6 Å². The molecule has 0 fully saturated rings. The second kappa shape index (κ2) is 4.63. The Morgan fingerprint density at radius 2 is 1.67 bits per heavy atom. The van der Waals surface area contributed by atoms with Gasteiger partial charge in [-0.2, -0.15) is 0 Å². The van der Waals surface area contributed by atoms with Crippen molar-refractivity contribution >= 4 is 0 Å². The van der Waals surface area contributed by atoms with E-state index in [4.69, 9.17) is 0 Å². The van der Waals surface area contributed by atoms with Gasteiger partial charge in [0.05, 0.1) is 6.10 Å². The molecule has 1 aromatic rings. The number of halogens is 3. The number of benzene rings is 1. The van der Waals surface area contributed by atoms with Crippen LogP contribution in [0.3, 0.4) is 0 Å². The highest BCUT2D eigenvalue weighted by molar-refractivity contribution is 5.21. The maximum Gasteiger partial charge on any atom is 0.194 e.